The van der Waals surface area contributed by atoms with Gasteiger partial charge in [0.1, 0.15) is 6.04 Å². The standard InChI is InChI=1S/C25H23NO6/c27-22(21(15-24(29)30)26-23(28)13-17-7-2-1-3-8-17)16-32-25(31)14-19-11-6-10-18-9-4-5-12-20(18)19/h1-12,21H,13-16H2,(H,26,28)(H,29,30)/t21-/m0/s1. The normalized spacial score (nSPS) is 11.5. The maximum atomic E-state index is 12.5. The average Bonchev–Trinajstić information content (AvgIpc) is 2.77. The van der Waals surface area contributed by atoms with Crippen LogP contribution in [-0.2, 0) is 36.8 Å². The molecule has 3 aromatic rings. The molecule has 0 aromatic heterocycles. The van der Waals surface area contributed by atoms with Crippen LogP contribution in [0.1, 0.15) is 17.5 Å². The first-order valence-corrected chi connectivity index (χ1v) is 10.1. The molecule has 0 aliphatic carbocycles. The topological polar surface area (TPSA) is 110 Å². The number of esters is 1. The van der Waals surface area contributed by atoms with Crippen LogP contribution in [0.4, 0.5) is 0 Å². The van der Waals surface area contributed by atoms with Gasteiger partial charge in [-0.15, -0.1) is 0 Å². The van der Waals surface area contributed by atoms with Crippen LogP contribution in [0.15, 0.2) is 72.8 Å². The van der Waals surface area contributed by atoms with E-state index in [4.69, 9.17) is 9.84 Å². The monoisotopic (exact) mass is 433 g/mol. The van der Waals surface area contributed by atoms with Crippen LogP contribution in [0.3, 0.4) is 0 Å². The fraction of sp³-hybridized carbons (Fsp3) is 0.200. The Bertz CT molecular complexity index is 1120. The zero-order chi connectivity index (χ0) is 22.9. The number of hydrogen-bond acceptors (Lipinski definition) is 5. The summed E-state index contributed by atoms with van der Waals surface area (Å²) in [4.78, 5) is 48.2. The minimum absolute atomic E-state index is 0.00507. The van der Waals surface area contributed by atoms with Crippen molar-refractivity contribution in [3.05, 3.63) is 83.9 Å². The molecule has 1 atom stereocenters. The largest absolute Gasteiger partial charge is 0.481 e. The third kappa shape index (κ3) is 6.50. The fourth-order valence-electron chi connectivity index (χ4n) is 3.35. The highest BCUT2D eigenvalue weighted by Gasteiger charge is 2.25. The van der Waals surface area contributed by atoms with Crippen molar-refractivity contribution >= 4 is 34.4 Å². The number of benzene rings is 3. The zero-order valence-corrected chi connectivity index (χ0v) is 17.3. The van der Waals surface area contributed by atoms with Gasteiger partial charge in [-0.3, -0.25) is 19.2 Å². The molecule has 2 N–H and O–H groups in total. The van der Waals surface area contributed by atoms with Crippen LogP contribution in [0, 0.1) is 0 Å². The highest BCUT2D eigenvalue weighted by Crippen LogP contribution is 2.19. The zero-order valence-electron chi connectivity index (χ0n) is 17.3. The molecule has 0 aliphatic heterocycles. The third-order valence-electron chi connectivity index (χ3n) is 4.90. The van der Waals surface area contributed by atoms with Crippen molar-refractivity contribution in [1.29, 1.82) is 0 Å². The molecule has 0 bridgehead atoms. The predicted molar refractivity (Wildman–Crippen MR) is 118 cm³/mol. The molecule has 164 valence electrons. The number of ether oxygens (including phenoxy) is 1. The summed E-state index contributed by atoms with van der Waals surface area (Å²) in [5.41, 5.74) is 1.49. The van der Waals surface area contributed by atoms with Gasteiger partial charge in [-0.1, -0.05) is 72.8 Å². The van der Waals surface area contributed by atoms with Crippen molar-refractivity contribution < 1.29 is 29.0 Å². The summed E-state index contributed by atoms with van der Waals surface area (Å²) in [6.45, 7) is -0.618. The first-order valence-electron chi connectivity index (χ1n) is 10.1. The Morgan fingerprint density at radius 2 is 1.53 bits per heavy atom. The van der Waals surface area contributed by atoms with E-state index in [-0.39, 0.29) is 12.8 Å². The lowest BCUT2D eigenvalue weighted by molar-refractivity contribution is -0.148. The van der Waals surface area contributed by atoms with Crippen molar-refractivity contribution in [3.63, 3.8) is 0 Å². The van der Waals surface area contributed by atoms with Crippen LogP contribution in [0.5, 0.6) is 0 Å². The molecule has 3 aromatic carbocycles. The van der Waals surface area contributed by atoms with Gasteiger partial charge >= 0.3 is 11.9 Å². The molecule has 0 radical (unpaired) electrons. The van der Waals surface area contributed by atoms with Gasteiger partial charge in [-0.05, 0) is 21.9 Å². The molecular weight excluding hydrogens is 410 g/mol. The van der Waals surface area contributed by atoms with Gasteiger partial charge in [0.25, 0.3) is 0 Å². The SMILES string of the molecule is O=C(O)C[C@H](NC(=O)Cc1ccccc1)C(=O)COC(=O)Cc1cccc2ccccc12. The Balaban J connectivity index is 1.57. The molecule has 0 heterocycles. The van der Waals surface area contributed by atoms with E-state index in [1.54, 1.807) is 24.3 Å². The Morgan fingerprint density at radius 1 is 0.844 bits per heavy atom. The fourth-order valence-corrected chi connectivity index (χ4v) is 3.35. The number of carbonyl (C=O) groups is 4. The summed E-state index contributed by atoms with van der Waals surface area (Å²) in [5.74, 6) is -3.03. The summed E-state index contributed by atoms with van der Waals surface area (Å²) in [7, 11) is 0. The molecule has 7 nitrogen and oxygen atoms in total. The predicted octanol–water partition coefficient (Wildman–Crippen LogP) is 2.70. The van der Waals surface area contributed by atoms with E-state index in [0.717, 1.165) is 21.9 Å². The Hall–Kier alpha value is -4.00. The lowest BCUT2D eigenvalue weighted by Crippen LogP contribution is -2.44. The number of ketones is 1. The molecule has 0 fully saturated rings. The van der Waals surface area contributed by atoms with Crippen molar-refractivity contribution in [1.82, 2.24) is 5.32 Å². The van der Waals surface area contributed by atoms with Crippen molar-refractivity contribution in [2.24, 2.45) is 0 Å². The first kappa shape index (κ1) is 22.7. The van der Waals surface area contributed by atoms with E-state index in [9.17, 15) is 19.2 Å². The number of Topliss-reactive ketones (excluding diaryl/α,β-unsaturated/α-hetero) is 1. The average molecular weight is 433 g/mol. The maximum absolute atomic E-state index is 12.5. The number of aliphatic carboxylic acids is 1. The second-order valence-electron chi connectivity index (χ2n) is 7.32. The van der Waals surface area contributed by atoms with Crippen LogP contribution < -0.4 is 5.32 Å². The number of amides is 1. The minimum Gasteiger partial charge on any atom is -0.481 e. The van der Waals surface area contributed by atoms with Crippen LogP contribution >= 0.6 is 0 Å². The summed E-state index contributed by atoms with van der Waals surface area (Å²) in [5, 5.41) is 13.4. The van der Waals surface area contributed by atoms with Gasteiger partial charge < -0.3 is 15.2 Å². The lowest BCUT2D eigenvalue weighted by Gasteiger charge is -2.16. The van der Waals surface area contributed by atoms with E-state index < -0.39 is 42.7 Å². The van der Waals surface area contributed by atoms with E-state index >= 15 is 0 Å². The number of fused-ring (bicyclic) bond motifs is 1. The second-order valence-corrected chi connectivity index (χ2v) is 7.32. The quantitative estimate of drug-likeness (QED) is 0.476. The summed E-state index contributed by atoms with van der Waals surface area (Å²) in [6.07, 6.45) is -0.621. The molecule has 0 saturated heterocycles. The van der Waals surface area contributed by atoms with Gasteiger partial charge in [0.15, 0.2) is 12.4 Å². The van der Waals surface area contributed by atoms with Crippen LogP contribution in [-0.4, -0.2) is 41.4 Å². The Morgan fingerprint density at radius 3 is 2.28 bits per heavy atom. The molecule has 32 heavy (non-hydrogen) atoms. The number of carboxylic acid groups (broad SMARTS) is 1. The van der Waals surface area contributed by atoms with Gasteiger partial charge in [-0.25, -0.2) is 0 Å². The van der Waals surface area contributed by atoms with E-state index in [0.29, 0.717) is 0 Å². The van der Waals surface area contributed by atoms with Gasteiger partial charge in [0, 0.05) is 0 Å². The van der Waals surface area contributed by atoms with Crippen molar-refractivity contribution in [2.75, 3.05) is 6.61 Å². The Labute approximate surface area is 185 Å². The number of carboxylic acids is 1. The maximum Gasteiger partial charge on any atom is 0.310 e. The van der Waals surface area contributed by atoms with Gasteiger partial charge in [0.2, 0.25) is 5.91 Å². The highest BCUT2D eigenvalue weighted by molar-refractivity contribution is 5.94. The lowest BCUT2D eigenvalue weighted by atomic mass is 10.0. The number of rotatable bonds is 10. The molecule has 3 rings (SSSR count). The first-order chi connectivity index (χ1) is 15.4. The van der Waals surface area contributed by atoms with Gasteiger partial charge in [-0.2, -0.15) is 0 Å². The van der Waals surface area contributed by atoms with Crippen LogP contribution in [0.2, 0.25) is 0 Å². The third-order valence-corrected chi connectivity index (χ3v) is 4.90. The number of hydrogen-bond donors (Lipinski definition) is 2. The summed E-state index contributed by atoms with van der Waals surface area (Å²) < 4.78 is 5.09. The van der Waals surface area contributed by atoms with Crippen molar-refractivity contribution in [2.45, 2.75) is 25.3 Å². The molecule has 0 unspecified atom stereocenters. The molecule has 0 saturated carbocycles. The molecule has 0 aliphatic rings. The molecule has 0 spiro atoms. The second kappa shape index (κ2) is 10.9. The summed E-state index contributed by atoms with van der Waals surface area (Å²) >= 11 is 0. The molecular formula is C25H23NO6. The van der Waals surface area contributed by atoms with Crippen molar-refractivity contribution in [3.8, 4) is 0 Å². The highest BCUT2D eigenvalue weighted by atomic mass is 16.5. The molecule has 7 heteroatoms. The molecule has 1 amide bonds. The summed E-state index contributed by atoms with van der Waals surface area (Å²) in [6, 6.07) is 20.8. The number of nitrogens with one attached hydrogen (secondary N) is 1. The van der Waals surface area contributed by atoms with E-state index in [2.05, 4.69) is 5.32 Å². The van der Waals surface area contributed by atoms with Gasteiger partial charge in [0.05, 0.1) is 19.3 Å². The minimum atomic E-state index is -1.28. The smallest absolute Gasteiger partial charge is 0.310 e. The number of carbonyl (C=O) groups excluding carboxylic acids is 3. The Kier molecular flexibility index (Phi) is 7.70. The van der Waals surface area contributed by atoms with E-state index in [1.807, 2.05) is 48.5 Å². The van der Waals surface area contributed by atoms with E-state index in [1.165, 1.54) is 0 Å². The van der Waals surface area contributed by atoms with Crippen LogP contribution in [0.25, 0.3) is 10.8 Å².